The number of nitrogens with one attached hydrogen (secondary N) is 1. The molecule has 1 aromatic carbocycles. The Morgan fingerprint density at radius 3 is 2.95 bits per heavy atom. The molecule has 112 valence electrons. The molecular formula is C16H18N6. The number of nitrogen functional groups attached to an aromatic ring is 1. The number of benzene rings is 1. The van der Waals surface area contributed by atoms with Crippen LogP contribution in [0.15, 0.2) is 36.7 Å². The molecule has 1 atom stereocenters. The lowest BCUT2D eigenvalue weighted by molar-refractivity contribution is 0.586. The third kappa shape index (κ3) is 2.36. The fourth-order valence-corrected chi connectivity index (χ4v) is 3.20. The van der Waals surface area contributed by atoms with E-state index in [1.807, 2.05) is 0 Å². The topological polar surface area (TPSA) is 83.7 Å². The largest absolute Gasteiger partial charge is 0.368 e. The summed E-state index contributed by atoms with van der Waals surface area (Å²) in [6, 6.07) is 10.6. The molecule has 6 heteroatoms. The lowest BCUT2D eigenvalue weighted by Crippen LogP contribution is -2.22. The van der Waals surface area contributed by atoms with E-state index in [1.165, 1.54) is 5.56 Å². The molecule has 3 heterocycles. The van der Waals surface area contributed by atoms with Gasteiger partial charge in [-0.25, -0.2) is 4.98 Å². The smallest absolute Gasteiger partial charge is 0.224 e. The Balaban J connectivity index is 1.56. The summed E-state index contributed by atoms with van der Waals surface area (Å²) in [5.41, 5.74) is 8.70. The number of H-pyrrole nitrogens is 1. The van der Waals surface area contributed by atoms with Crippen LogP contribution in [0.3, 0.4) is 0 Å². The summed E-state index contributed by atoms with van der Waals surface area (Å²) >= 11 is 0. The predicted molar refractivity (Wildman–Crippen MR) is 86.6 cm³/mol. The van der Waals surface area contributed by atoms with Gasteiger partial charge in [0.25, 0.3) is 0 Å². The third-order valence-corrected chi connectivity index (χ3v) is 4.24. The summed E-state index contributed by atoms with van der Waals surface area (Å²) in [5.74, 6) is 1.79. The molecule has 1 fully saturated rings. The van der Waals surface area contributed by atoms with Gasteiger partial charge in [-0.3, -0.25) is 0 Å². The number of rotatable bonds is 3. The van der Waals surface area contributed by atoms with Crippen LogP contribution in [-0.2, 0) is 6.42 Å². The molecule has 4 rings (SSSR count). The van der Waals surface area contributed by atoms with Crippen molar-refractivity contribution in [2.24, 2.45) is 5.92 Å². The van der Waals surface area contributed by atoms with Crippen molar-refractivity contribution in [3.8, 4) is 0 Å². The molecule has 0 radical (unpaired) electrons. The van der Waals surface area contributed by atoms with Crippen LogP contribution >= 0.6 is 0 Å². The van der Waals surface area contributed by atoms with Crippen molar-refractivity contribution in [3.05, 3.63) is 42.2 Å². The normalized spacial score (nSPS) is 18.2. The number of hydrogen-bond acceptors (Lipinski definition) is 5. The lowest BCUT2D eigenvalue weighted by atomic mass is 9.99. The third-order valence-electron chi connectivity index (χ3n) is 4.24. The number of aromatic nitrogens is 4. The molecule has 6 nitrogen and oxygen atoms in total. The van der Waals surface area contributed by atoms with Crippen LogP contribution in [0.25, 0.3) is 11.2 Å². The van der Waals surface area contributed by atoms with Gasteiger partial charge < -0.3 is 15.6 Å². The minimum absolute atomic E-state index is 0.279. The second-order valence-corrected chi connectivity index (χ2v) is 5.80. The maximum absolute atomic E-state index is 5.81. The Labute approximate surface area is 128 Å². The molecule has 22 heavy (non-hydrogen) atoms. The van der Waals surface area contributed by atoms with Crippen molar-refractivity contribution in [1.82, 2.24) is 19.9 Å². The highest BCUT2D eigenvalue weighted by Crippen LogP contribution is 2.29. The first-order chi connectivity index (χ1) is 10.8. The van der Waals surface area contributed by atoms with Crippen LogP contribution in [-0.4, -0.2) is 33.0 Å². The van der Waals surface area contributed by atoms with Crippen LogP contribution in [0.5, 0.6) is 0 Å². The monoisotopic (exact) mass is 294 g/mol. The van der Waals surface area contributed by atoms with Gasteiger partial charge in [0, 0.05) is 13.1 Å². The van der Waals surface area contributed by atoms with E-state index >= 15 is 0 Å². The predicted octanol–water partition coefficient (Wildman–Crippen LogP) is 2.00. The minimum atomic E-state index is 0.279. The van der Waals surface area contributed by atoms with E-state index in [0.29, 0.717) is 11.6 Å². The molecule has 3 N–H and O–H groups in total. The van der Waals surface area contributed by atoms with Gasteiger partial charge in [0.05, 0.1) is 6.33 Å². The van der Waals surface area contributed by atoms with Crippen molar-refractivity contribution >= 4 is 22.9 Å². The summed E-state index contributed by atoms with van der Waals surface area (Å²) in [4.78, 5) is 18.2. The van der Waals surface area contributed by atoms with Gasteiger partial charge in [0.2, 0.25) is 5.95 Å². The molecule has 0 spiro atoms. The van der Waals surface area contributed by atoms with Crippen molar-refractivity contribution in [1.29, 1.82) is 0 Å². The molecule has 0 saturated carbocycles. The van der Waals surface area contributed by atoms with E-state index in [9.17, 15) is 0 Å². The number of hydrogen-bond donors (Lipinski definition) is 2. The first kappa shape index (κ1) is 13.1. The minimum Gasteiger partial charge on any atom is -0.368 e. The van der Waals surface area contributed by atoms with E-state index in [1.54, 1.807) is 6.33 Å². The molecule has 2 aromatic heterocycles. The number of nitrogens with zero attached hydrogens (tertiary/aromatic N) is 4. The molecule has 1 saturated heterocycles. The van der Waals surface area contributed by atoms with E-state index < -0.39 is 0 Å². The Morgan fingerprint density at radius 1 is 1.23 bits per heavy atom. The molecule has 0 amide bonds. The van der Waals surface area contributed by atoms with Crippen LogP contribution in [0, 0.1) is 5.92 Å². The second kappa shape index (κ2) is 5.29. The summed E-state index contributed by atoms with van der Waals surface area (Å²) < 4.78 is 0. The average molecular weight is 294 g/mol. The second-order valence-electron chi connectivity index (χ2n) is 5.80. The number of nitrogens with two attached hydrogens (primary N) is 1. The maximum Gasteiger partial charge on any atom is 0.224 e. The van der Waals surface area contributed by atoms with Crippen LogP contribution in [0.2, 0.25) is 0 Å². The SMILES string of the molecule is Nc1nc(N2CC[C@@H](Cc3ccccc3)C2)c2[nH]cnc2n1. The maximum atomic E-state index is 5.81. The average Bonchev–Trinajstić information content (AvgIpc) is 3.16. The van der Waals surface area contributed by atoms with Gasteiger partial charge in [-0.15, -0.1) is 0 Å². The number of fused-ring (bicyclic) bond motifs is 1. The molecule has 0 unspecified atom stereocenters. The first-order valence-corrected chi connectivity index (χ1v) is 7.55. The molecule has 1 aliphatic heterocycles. The quantitative estimate of drug-likeness (QED) is 0.772. The van der Waals surface area contributed by atoms with Crippen molar-refractivity contribution in [2.75, 3.05) is 23.7 Å². The summed E-state index contributed by atoms with van der Waals surface area (Å²) in [6.45, 7) is 1.97. The molecule has 1 aliphatic rings. The van der Waals surface area contributed by atoms with Crippen molar-refractivity contribution in [2.45, 2.75) is 12.8 Å². The lowest BCUT2D eigenvalue weighted by Gasteiger charge is -2.18. The number of imidazole rings is 1. The van der Waals surface area contributed by atoms with Crippen LogP contribution < -0.4 is 10.6 Å². The standard InChI is InChI=1S/C16H18N6/c17-16-20-14-13(18-10-19-14)15(21-16)22-7-6-12(9-22)8-11-4-2-1-3-5-11/h1-5,10,12H,6-9H2,(H3,17,18,19,20,21)/t12-/m0/s1. The zero-order valence-electron chi connectivity index (χ0n) is 12.2. The molecular weight excluding hydrogens is 276 g/mol. The van der Waals surface area contributed by atoms with Gasteiger partial charge in [-0.1, -0.05) is 30.3 Å². The fourth-order valence-electron chi connectivity index (χ4n) is 3.20. The van der Waals surface area contributed by atoms with Crippen LogP contribution in [0.4, 0.5) is 11.8 Å². The van der Waals surface area contributed by atoms with E-state index in [2.05, 4.69) is 55.2 Å². The van der Waals surface area contributed by atoms with Gasteiger partial charge in [0.1, 0.15) is 5.52 Å². The van der Waals surface area contributed by atoms with Gasteiger partial charge in [0.15, 0.2) is 11.5 Å². The van der Waals surface area contributed by atoms with Crippen LogP contribution in [0.1, 0.15) is 12.0 Å². The zero-order chi connectivity index (χ0) is 14.9. The Bertz CT molecular complexity index is 782. The van der Waals surface area contributed by atoms with Gasteiger partial charge in [-0.05, 0) is 24.3 Å². The Hall–Kier alpha value is -2.63. The molecule has 0 aliphatic carbocycles. The van der Waals surface area contributed by atoms with Gasteiger partial charge >= 0.3 is 0 Å². The summed E-state index contributed by atoms with van der Waals surface area (Å²) in [5, 5.41) is 0. The molecule has 0 bridgehead atoms. The molecule has 3 aromatic rings. The zero-order valence-corrected chi connectivity index (χ0v) is 12.2. The van der Waals surface area contributed by atoms with E-state index in [-0.39, 0.29) is 5.95 Å². The number of aromatic amines is 1. The van der Waals surface area contributed by atoms with Crippen molar-refractivity contribution in [3.63, 3.8) is 0 Å². The Kier molecular flexibility index (Phi) is 3.14. The highest BCUT2D eigenvalue weighted by atomic mass is 15.2. The van der Waals surface area contributed by atoms with Crippen molar-refractivity contribution < 1.29 is 0 Å². The van der Waals surface area contributed by atoms with E-state index in [4.69, 9.17) is 5.73 Å². The first-order valence-electron chi connectivity index (χ1n) is 7.55. The highest BCUT2D eigenvalue weighted by molar-refractivity contribution is 5.84. The van der Waals surface area contributed by atoms with Gasteiger partial charge in [-0.2, -0.15) is 9.97 Å². The summed E-state index contributed by atoms with van der Waals surface area (Å²) in [6.07, 6.45) is 3.90. The summed E-state index contributed by atoms with van der Waals surface area (Å²) in [7, 11) is 0. The van der Waals surface area contributed by atoms with E-state index in [0.717, 1.165) is 37.3 Å². The Morgan fingerprint density at radius 2 is 2.09 bits per heavy atom. The fraction of sp³-hybridized carbons (Fsp3) is 0.312. The number of anilines is 2. The highest BCUT2D eigenvalue weighted by Gasteiger charge is 2.26.